The fourth-order valence-corrected chi connectivity index (χ4v) is 2.73. The molecule has 1 atom stereocenters. The number of pyridine rings is 1. The first kappa shape index (κ1) is 24.9. The number of rotatable bonds is 7. The lowest BCUT2D eigenvalue weighted by molar-refractivity contribution is -0.154. The quantitative estimate of drug-likeness (QED) is 0.496. The maximum Gasteiger partial charge on any atom is 0.436 e. The summed E-state index contributed by atoms with van der Waals surface area (Å²) in [6.07, 6.45) is -7.68. The molecule has 0 fully saturated rings. The lowest BCUT2D eigenvalue weighted by atomic mass is 10.1. The molecule has 0 aliphatic heterocycles. The van der Waals surface area contributed by atoms with Gasteiger partial charge in [0.05, 0.1) is 12.5 Å². The largest absolute Gasteiger partial charge is 0.468 e. The van der Waals surface area contributed by atoms with Gasteiger partial charge in [0.25, 0.3) is 5.91 Å². The number of alkyl halides is 6. The molecule has 14 heteroatoms. The number of nitrogens with one attached hydrogen (secondary N) is 1. The zero-order chi connectivity index (χ0) is 25.1. The van der Waals surface area contributed by atoms with E-state index in [2.05, 4.69) is 30.0 Å². The van der Waals surface area contributed by atoms with Gasteiger partial charge in [-0.15, -0.1) is 0 Å². The highest BCUT2D eigenvalue weighted by molar-refractivity contribution is 5.92. The van der Waals surface area contributed by atoms with Crippen molar-refractivity contribution in [3.8, 4) is 5.88 Å². The molecule has 1 N–H and O–H groups in total. The van der Waals surface area contributed by atoms with Crippen LogP contribution in [0.5, 0.6) is 5.88 Å². The third-order valence-electron chi connectivity index (χ3n) is 4.28. The van der Waals surface area contributed by atoms with Crippen molar-refractivity contribution < 1.29 is 40.3 Å². The summed E-state index contributed by atoms with van der Waals surface area (Å²) in [4.78, 5) is 27.9. The Morgan fingerprint density at radius 2 is 1.88 bits per heavy atom. The van der Waals surface area contributed by atoms with Crippen molar-refractivity contribution >= 4 is 5.91 Å². The Balaban J connectivity index is 1.66. The van der Waals surface area contributed by atoms with Crippen LogP contribution < -0.4 is 10.1 Å². The minimum absolute atomic E-state index is 0.0289. The van der Waals surface area contributed by atoms with E-state index in [0.29, 0.717) is 17.5 Å². The molecule has 34 heavy (non-hydrogen) atoms. The molecule has 3 heterocycles. The second-order valence-corrected chi connectivity index (χ2v) is 7.14. The number of oxazole rings is 1. The van der Waals surface area contributed by atoms with Gasteiger partial charge in [0, 0.05) is 18.0 Å². The fraction of sp³-hybridized carbons (Fsp3) is 0.350. The van der Waals surface area contributed by atoms with E-state index in [1.807, 2.05) is 0 Å². The SMILES string of the molecule is Cc1cc(C(=O)NC(C)c2ccc(OCC(F)(F)F)nc2)nc(Cc2nc(C(F)(F)F)co2)n1. The van der Waals surface area contributed by atoms with Gasteiger partial charge in [-0.25, -0.2) is 19.9 Å². The molecule has 0 radical (unpaired) electrons. The predicted molar refractivity (Wildman–Crippen MR) is 103 cm³/mol. The zero-order valence-corrected chi connectivity index (χ0v) is 17.7. The van der Waals surface area contributed by atoms with Crippen LogP contribution in [0.4, 0.5) is 26.3 Å². The maximum atomic E-state index is 12.7. The minimum Gasteiger partial charge on any atom is -0.468 e. The van der Waals surface area contributed by atoms with E-state index in [1.54, 1.807) is 13.8 Å². The van der Waals surface area contributed by atoms with E-state index < -0.39 is 36.6 Å². The summed E-state index contributed by atoms with van der Waals surface area (Å²) >= 11 is 0. The van der Waals surface area contributed by atoms with Crippen molar-refractivity contribution in [2.45, 2.75) is 38.7 Å². The van der Waals surface area contributed by atoms with Crippen LogP contribution in [0, 0.1) is 6.92 Å². The van der Waals surface area contributed by atoms with Gasteiger partial charge in [0.1, 0.15) is 17.8 Å². The molecule has 0 saturated carbocycles. The molecule has 0 aliphatic rings. The third kappa shape index (κ3) is 6.89. The van der Waals surface area contributed by atoms with Crippen molar-refractivity contribution in [2.75, 3.05) is 6.61 Å². The van der Waals surface area contributed by atoms with Gasteiger partial charge < -0.3 is 14.5 Å². The number of hydrogen-bond acceptors (Lipinski definition) is 7. The molecule has 0 aliphatic carbocycles. The molecule has 1 unspecified atom stereocenters. The Morgan fingerprint density at radius 1 is 1.15 bits per heavy atom. The molecule has 3 rings (SSSR count). The number of aryl methyl sites for hydroxylation is 1. The number of carbonyl (C=O) groups excluding carboxylic acids is 1. The summed E-state index contributed by atoms with van der Waals surface area (Å²) in [5.74, 6) is -1.08. The normalized spacial score (nSPS) is 12.9. The molecule has 0 saturated heterocycles. The van der Waals surface area contributed by atoms with E-state index in [-0.39, 0.29) is 29.7 Å². The molecular weight excluding hydrogens is 472 g/mol. The van der Waals surface area contributed by atoms with Crippen LogP contribution in [0.1, 0.15) is 52.1 Å². The van der Waals surface area contributed by atoms with Gasteiger partial charge in [-0.2, -0.15) is 26.3 Å². The number of aromatic nitrogens is 4. The van der Waals surface area contributed by atoms with Gasteiger partial charge in [-0.3, -0.25) is 4.79 Å². The summed E-state index contributed by atoms with van der Waals surface area (Å²) in [7, 11) is 0. The average molecular weight is 489 g/mol. The second-order valence-electron chi connectivity index (χ2n) is 7.14. The van der Waals surface area contributed by atoms with E-state index >= 15 is 0 Å². The molecule has 8 nitrogen and oxygen atoms in total. The van der Waals surface area contributed by atoms with E-state index in [0.717, 1.165) is 0 Å². The topological polar surface area (TPSA) is 103 Å². The zero-order valence-electron chi connectivity index (χ0n) is 17.7. The van der Waals surface area contributed by atoms with Crippen molar-refractivity contribution in [1.29, 1.82) is 0 Å². The Morgan fingerprint density at radius 3 is 2.47 bits per heavy atom. The van der Waals surface area contributed by atoms with Crippen LogP contribution in [0.3, 0.4) is 0 Å². The molecule has 0 spiro atoms. The Bertz CT molecular complexity index is 1140. The monoisotopic (exact) mass is 489 g/mol. The van der Waals surface area contributed by atoms with Crippen LogP contribution in [0.15, 0.2) is 35.1 Å². The Hall–Kier alpha value is -3.71. The lowest BCUT2D eigenvalue weighted by Gasteiger charge is -2.15. The first-order chi connectivity index (χ1) is 15.8. The molecule has 3 aromatic rings. The number of hydrogen-bond donors (Lipinski definition) is 1. The number of amides is 1. The first-order valence-corrected chi connectivity index (χ1v) is 9.62. The van der Waals surface area contributed by atoms with Gasteiger partial charge in [0.2, 0.25) is 11.8 Å². The van der Waals surface area contributed by atoms with Crippen molar-refractivity contribution in [3.63, 3.8) is 0 Å². The van der Waals surface area contributed by atoms with Crippen molar-refractivity contribution in [2.24, 2.45) is 0 Å². The number of ether oxygens (including phenoxy) is 1. The molecule has 0 aromatic carbocycles. The highest BCUT2D eigenvalue weighted by Gasteiger charge is 2.35. The van der Waals surface area contributed by atoms with Gasteiger partial charge in [0.15, 0.2) is 12.3 Å². The predicted octanol–water partition coefficient (Wildman–Crippen LogP) is 4.21. The van der Waals surface area contributed by atoms with Crippen LogP contribution >= 0.6 is 0 Å². The summed E-state index contributed by atoms with van der Waals surface area (Å²) in [6.45, 7) is 1.71. The van der Waals surface area contributed by atoms with Crippen LogP contribution in [0.25, 0.3) is 0 Å². The van der Waals surface area contributed by atoms with Crippen LogP contribution in [-0.2, 0) is 12.6 Å². The van der Waals surface area contributed by atoms with Crippen molar-refractivity contribution in [1.82, 2.24) is 25.3 Å². The van der Waals surface area contributed by atoms with E-state index in [1.165, 1.54) is 24.4 Å². The fourth-order valence-electron chi connectivity index (χ4n) is 2.73. The molecule has 3 aromatic heterocycles. The highest BCUT2D eigenvalue weighted by Crippen LogP contribution is 2.28. The summed E-state index contributed by atoms with van der Waals surface area (Å²) in [6, 6.07) is 3.47. The molecule has 182 valence electrons. The van der Waals surface area contributed by atoms with Gasteiger partial charge in [-0.1, -0.05) is 6.07 Å². The second kappa shape index (κ2) is 9.65. The lowest BCUT2D eigenvalue weighted by Crippen LogP contribution is -2.28. The Kier molecular flexibility index (Phi) is 7.07. The smallest absolute Gasteiger partial charge is 0.436 e. The van der Waals surface area contributed by atoms with E-state index in [4.69, 9.17) is 4.42 Å². The highest BCUT2D eigenvalue weighted by atomic mass is 19.4. The number of nitrogens with zero attached hydrogens (tertiary/aromatic N) is 4. The molecule has 0 bridgehead atoms. The molecule has 1 amide bonds. The average Bonchev–Trinajstić information content (AvgIpc) is 3.20. The number of halogens is 6. The van der Waals surface area contributed by atoms with Gasteiger partial charge >= 0.3 is 12.4 Å². The van der Waals surface area contributed by atoms with Crippen molar-refractivity contribution in [3.05, 3.63) is 65.0 Å². The standard InChI is InChI=1S/C20H17F6N5O3/c1-10-5-13(30-15(28-10)6-17-31-14(8-33-17)20(24,25)26)18(32)29-11(2)12-3-4-16(27-7-12)34-9-19(21,22)23/h3-5,7-8,11H,6,9H2,1-2H3,(H,29,32). The third-order valence-corrected chi connectivity index (χ3v) is 4.28. The van der Waals surface area contributed by atoms with Crippen LogP contribution in [0.2, 0.25) is 0 Å². The summed E-state index contributed by atoms with van der Waals surface area (Å²) < 4.78 is 84.0. The summed E-state index contributed by atoms with van der Waals surface area (Å²) in [5.41, 5.74) is -0.364. The maximum absolute atomic E-state index is 12.7. The molecular formula is C20H17F6N5O3. The van der Waals surface area contributed by atoms with Crippen LogP contribution in [-0.4, -0.2) is 38.6 Å². The van der Waals surface area contributed by atoms with Gasteiger partial charge in [-0.05, 0) is 25.5 Å². The minimum atomic E-state index is -4.66. The first-order valence-electron chi connectivity index (χ1n) is 9.62. The summed E-state index contributed by atoms with van der Waals surface area (Å²) in [5, 5.41) is 2.65. The Labute approximate surface area is 188 Å². The van der Waals surface area contributed by atoms with E-state index in [9.17, 15) is 31.1 Å². The number of carbonyl (C=O) groups is 1.